The minimum absolute atomic E-state index is 0.0216. The van der Waals surface area contributed by atoms with Crippen LogP contribution >= 0.6 is 0 Å². The highest BCUT2D eigenvalue weighted by molar-refractivity contribution is 6.00. The number of carboxylic acids is 1. The van der Waals surface area contributed by atoms with E-state index >= 15 is 0 Å². The van der Waals surface area contributed by atoms with Crippen molar-refractivity contribution >= 4 is 23.5 Å². The number of piperidine rings is 1. The predicted molar refractivity (Wildman–Crippen MR) is 99.2 cm³/mol. The van der Waals surface area contributed by atoms with Crippen LogP contribution in [0.15, 0.2) is 18.2 Å². The van der Waals surface area contributed by atoms with Gasteiger partial charge in [-0.2, -0.15) is 0 Å². The molecule has 0 radical (unpaired) electrons. The Labute approximate surface area is 163 Å². The van der Waals surface area contributed by atoms with Crippen molar-refractivity contribution in [3.63, 3.8) is 0 Å². The molecular weight excluding hydrogens is 364 g/mol. The number of benzene rings is 1. The molecule has 2 saturated heterocycles. The van der Waals surface area contributed by atoms with E-state index in [1.165, 1.54) is 0 Å². The second kappa shape index (κ2) is 7.69. The maximum absolute atomic E-state index is 12.9. The maximum Gasteiger partial charge on any atom is 0.303 e. The Hall–Kier alpha value is -2.77. The van der Waals surface area contributed by atoms with E-state index in [1.54, 1.807) is 17.0 Å². The van der Waals surface area contributed by atoms with E-state index in [2.05, 4.69) is 0 Å². The average Bonchev–Trinajstić information content (AvgIpc) is 3.32. The van der Waals surface area contributed by atoms with Gasteiger partial charge in [-0.3, -0.25) is 14.4 Å². The van der Waals surface area contributed by atoms with Gasteiger partial charge in [0.15, 0.2) is 11.5 Å². The third kappa shape index (κ3) is 3.76. The van der Waals surface area contributed by atoms with Crippen LogP contribution in [0.1, 0.15) is 32.1 Å². The number of fused-ring (bicyclic) bond motifs is 1. The fourth-order valence-corrected chi connectivity index (χ4v) is 4.20. The number of hydrogen-bond acceptors (Lipinski definition) is 5. The molecule has 1 atom stereocenters. The van der Waals surface area contributed by atoms with Crippen LogP contribution in [0.3, 0.4) is 0 Å². The molecule has 0 spiro atoms. The number of rotatable bonds is 5. The third-order valence-corrected chi connectivity index (χ3v) is 5.83. The summed E-state index contributed by atoms with van der Waals surface area (Å²) in [4.78, 5) is 39.6. The summed E-state index contributed by atoms with van der Waals surface area (Å²) < 4.78 is 10.7. The molecule has 1 unspecified atom stereocenters. The Morgan fingerprint density at radius 2 is 1.89 bits per heavy atom. The fraction of sp³-hybridized carbons (Fsp3) is 0.550. The first-order chi connectivity index (χ1) is 13.5. The van der Waals surface area contributed by atoms with Gasteiger partial charge >= 0.3 is 5.97 Å². The second-order valence-electron chi connectivity index (χ2n) is 7.64. The summed E-state index contributed by atoms with van der Waals surface area (Å²) in [6.07, 6.45) is 2.71. The van der Waals surface area contributed by atoms with Crippen LogP contribution in [-0.4, -0.2) is 54.2 Å². The number of carbonyl (C=O) groups excluding carboxylic acids is 2. The summed E-state index contributed by atoms with van der Waals surface area (Å²) >= 11 is 0. The Morgan fingerprint density at radius 3 is 2.64 bits per heavy atom. The summed E-state index contributed by atoms with van der Waals surface area (Å²) in [5, 5.41) is 8.81. The van der Waals surface area contributed by atoms with Gasteiger partial charge < -0.3 is 24.4 Å². The van der Waals surface area contributed by atoms with Gasteiger partial charge in [0.25, 0.3) is 0 Å². The Kier molecular flexibility index (Phi) is 5.11. The topological polar surface area (TPSA) is 96.4 Å². The minimum atomic E-state index is -0.772. The van der Waals surface area contributed by atoms with E-state index < -0.39 is 5.97 Å². The number of carbonyl (C=O) groups is 3. The molecule has 8 heteroatoms. The number of hydrogen-bond donors (Lipinski definition) is 1. The number of amides is 2. The van der Waals surface area contributed by atoms with Gasteiger partial charge in [0, 0.05) is 44.2 Å². The quantitative estimate of drug-likeness (QED) is 0.827. The molecule has 0 saturated carbocycles. The number of ether oxygens (including phenoxy) is 2. The van der Waals surface area contributed by atoms with Gasteiger partial charge in [0.05, 0.1) is 5.92 Å². The molecule has 0 aliphatic carbocycles. The Balaban J connectivity index is 1.34. The van der Waals surface area contributed by atoms with Crippen LogP contribution in [0.2, 0.25) is 0 Å². The van der Waals surface area contributed by atoms with Crippen molar-refractivity contribution in [1.82, 2.24) is 4.90 Å². The van der Waals surface area contributed by atoms with Crippen molar-refractivity contribution in [2.75, 3.05) is 31.3 Å². The van der Waals surface area contributed by atoms with Crippen molar-refractivity contribution in [3.05, 3.63) is 18.2 Å². The first kappa shape index (κ1) is 18.6. The molecule has 150 valence electrons. The van der Waals surface area contributed by atoms with Crippen molar-refractivity contribution < 1.29 is 29.0 Å². The number of aliphatic carboxylic acids is 1. The highest BCUT2D eigenvalue weighted by Crippen LogP contribution is 2.37. The van der Waals surface area contributed by atoms with Gasteiger partial charge in [-0.25, -0.2) is 0 Å². The van der Waals surface area contributed by atoms with Crippen LogP contribution in [0.25, 0.3) is 0 Å². The van der Waals surface area contributed by atoms with Gasteiger partial charge in [0.1, 0.15) is 0 Å². The Morgan fingerprint density at radius 1 is 1.14 bits per heavy atom. The summed E-state index contributed by atoms with van der Waals surface area (Å²) in [5.41, 5.74) is 0.719. The molecule has 1 aromatic carbocycles. The van der Waals surface area contributed by atoms with Gasteiger partial charge in [-0.1, -0.05) is 0 Å². The molecular formula is C20H24N2O6. The molecule has 3 aliphatic rings. The fourth-order valence-electron chi connectivity index (χ4n) is 4.20. The summed E-state index contributed by atoms with van der Waals surface area (Å²) in [6.45, 7) is 1.82. The van der Waals surface area contributed by atoms with E-state index in [9.17, 15) is 14.4 Å². The zero-order chi connectivity index (χ0) is 19.7. The molecule has 2 amide bonds. The van der Waals surface area contributed by atoms with E-state index in [-0.39, 0.29) is 37.4 Å². The number of nitrogens with zero attached hydrogens (tertiary/aromatic N) is 2. The molecule has 28 heavy (non-hydrogen) atoms. The summed E-state index contributed by atoms with van der Waals surface area (Å²) in [7, 11) is 0. The van der Waals surface area contributed by atoms with Gasteiger partial charge in [0.2, 0.25) is 18.6 Å². The molecule has 2 fully saturated rings. The first-order valence-electron chi connectivity index (χ1n) is 9.72. The van der Waals surface area contributed by atoms with Crippen LogP contribution < -0.4 is 14.4 Å². The normalized spacial score (nSPS) is 22.0. The lowest BCUT2D eigenvalue weighted by Gasteiger charge is -2.33. The van der Waals surface area contributed by atoms with Crippen molar-refractivity contribution in [2.24, 2.45) is 11.8 Å². The molecule has 1 aromatic rings. The molecule has 1 N–H and O–H groups in total. The maximum atomic E-state index is 12.9. The molecule has 3 heterocycles. The zero-order valence-electron chi connectivity index (χ0n) is 15.6. The third-order valence-electron chi connectivity index (χ3n) is 5.83. The summed E-state index contributed by atoms with van der Waals surface area (Å²) in [6, 6.07) is 5.37. The van der Waals surface area contributed by atoms with Crippen LogP contribution in [0.5, 0.6) is 11.5 Å². The molecule has 8 nitrogen and oxygen atoms in total. The summed E-state index contributed by atoms with van der Waals surface area (Å²) in [5.74, 6) is 0.481. The lowest BCUT2D eigenvalue weighted by Crippen LogP contribution is -2.42. The highest BCUT2D eigenvalue weighted by atomic mass is 16.7. The van der Waals surface area contributed by atoms with Crippen molar-refractivity contribution in [3.8, 4) is 11.5 Å². The molecule has 4 rings (SSSR count). The van der Waals surface area contributed by atoms with Crippen LogP contribution in [0, 0.1) is 11.8 Å². The van der Waals surface area contributed by atoms with E-state index in [4.69, 9.17) is 14.6 Å². The van der Waals surface area contributed by atoms with Crippen molar-refractivity contribution in [1.29, 1.82) is 0 Å². The lowest BCUT2D eigenvalue weighted by molar-refractivity contribution is -0.139. The van der Waals surface area contributed by atoms with Crippen molar-refractivity contribution in [2.45, 2.75) is 32.1 Å². The SMILES string of the molecule is O=C(O)CCC1CCN(C(=O)C2CC(=O)N(c3ccc4c(c3)OCO4)C2)CC1. The smallest absolute Gasteiger partial charge is 0.303 e. The number of likely N-dealkylation sites (tertiary alicyclic amines) is 1. The molecule has 0 bridgehead atoms. The molecule has 3 aliphatic heterocycles. The lowest BCUT2D eigenvalue weighted by atomic mass is 9.91. The Bertz CT molecular complexity index is 787. The average molecular weight is 388 g/mol. The van der Waals surface area contributed by atoms with Gasteiger partial charge in [-0.15, -0.1) is 0 Å². The predicted octanol–water partition coefficient (Wildman–Crippen LogP) is 1.87. The molecule has 0 aromatic heterocycles. The van der Waals surface area contributed by atoms with E-state index in [1.807, 2.05) is 11.0 Å². The largest absolute Gasteiger partial charge is 0.481 e. The zero-order valence-corrected chi connectivity index (χ0v) is 15.6. The van der Waals surface area contributed by atoms with E-state index in [0.717, 1.165) is 18.5 Å². The van der Waals surface area contributed by atoms with Crippen LogP contribution in [-0.2, 0) is 14.4 Å². The standard InChI is InChI=1S/C20H24N2O6/c23-18-9-14(11-22(18)15-2-3-16-17(10-15)28-12-27-16)20(26)21-7-5-13(6-8-21)1-4-19(24)25/h2-3,10,13-14H,1,4-9,11-12H2,(H,24,25). The van der Waals surface area contributed by atoms with Gasteiger partial charge in [-0.05, 0) is 37.3 Å². The second-order valence-corrected chi connectivity index (χ2v) is 7.64. The first-order valence-corrected chi connectivity index (χ1v) is 9.72. The minimum Gasteiger partial charge on any atom is -0.481 e. The number of carboxylic acid groups (broad SMARTS) is 1. The van der Waals surface area contributed by atoms with E-state index in [0.29, 0.717) is 43.5 Å². The highest BCUT2D eigenvalue weighted by Gasteiger charge is 2.38. The monoisotopic (exact) mass is 388 g/mol. The number of anilines is 1. The van der Waals surface area contributed by atoms with Crippen LogP contribution in [0.4, 0.5) is 5.69 Å².